The van der Waals surface area contributed by atoms with Gasteiger partial charge < -0.3 is 10.6 Å². The number of nitrogens with two attached hydrogens (primary N) is 1. The molecule has 2 fully saturated rings. The number of benzene rings is 1. The summed E-state index contributed by atoms with van der Waals surface area (Å²) in [5, 5.41) is 9.14. The van der Waals surface area contributed by atoms with Gasteiger partial charge in [0.2, 0.25) is 0 Å². The highest BCUT2D eigenvalue weighted by Gasteiger charge is 2.45. The van der Waals surface area contributed by atoms with Gasteiger partial charge in [-0.05, 0) is 31.0 Å². The van der Waals surface area contributed by atoms with Crippen LogP contribution in [-0.4, -0.2) is 13.1 Å². The van der Waals surface area contributed by atoms with Gasteiger partial charge in [-0.1, -0.05) is 12.8 Å². The molecule has 3 heteroatoms. The summed E-state index contributed by atoms with van der Waals surface area (Å²) in [5.74, 6) is 0. The summed E-state index contributed by atoms with van der Waals surface area (Å²) in [5.41, 5.74) is 8.70. The summed E-state index contributed by atoms with van der Waals surface area (Å²) in [4.78, 5) is 2.32. The van der Waals surface area contributed by atoms with Crippen LogP contribution in [0.15, 0.2) is 18.2 Å². The van der Waals surface area contributed by atoms with Crippen LogP contribution in [0.3, 0.4) is 0 Å². The lowest BCUT2D eigenvalue weighted by Gasteiger charge is -2.50. The average molecular weight is 227 g/mol. The maximum Gasteiger partial charge on any atom is 0.101 e. The van der Waals surface area contributed by atoms with Crippen LogP contribution >= 0.6 is 0 Å². The second kappa shape index (κ2) is 3.66. The van der Waals surface area contributed by atoms with E-state index < -0.39 is 0 Å². The van der Waals surface area contributed by atoms with E-state index in [1.165, 1.54) is 25.7 Å². The van der Waals surface area contributed by atoms with Crippen molar-refractivity contribution < 1.29 is 0 Å². The standard InChI is InChI=1S/C14H17N3/c15-8-11-7-12(16)3-4-13(11)17-9-14(10-17)5-1-2-6-14/h3-4,7H,1-2,5-6,9-10,16H2. The Hall–Kier alpha value is -1.69. The summed E-state index contributed by atoms with van der Waals surface area (Å²) < 4.78 is 0. The Bertz CT molecular complexity index is 473. The van der Waals surface area contributed by atoms with E-state index in [1.807, 2.05) is 12.1 Å². The number of rotatable bonds is 1. The average Bonchev–Trinajstić information content (AvgIpc) is 2.76. The first-order valence-corrected chi connectivity index (χ1v) is 6.27. The number of hydrogen-bond donors (Lipinski definition) is 1. The van der Waals surface area contributed by atoms with Crippen LogP contribution in [-0.2, 0) is 0 Å². The molecule has 88 valence electrons. The van der Waals surface area contributed by atoms with Crippen molar-refractivity contribution in [3.8, 4) is 6.07 Å². The predicted octanol–water partition coefficient (Wildman–Crippen LogP) is 2.52. The van der Waals surface area contributed by atoms with Crippen LogP contribution in [0.25, 0.3) is 0 Å². The molecule has 0 radical (unpaired) electrons. The monoisotopic (exact) mass is 227 g/mol. The molecule has 1 aliphatic carbocycles. The van der Waals surface area contributed by atoms with Crippen molar-refractivity contribution in [1.82, 2.24) is 0 Å². The molecule has 1 aromatic carbocycles. The van der Waals surface area contributed by atoms with Gasteiger partial charge in [-0.25, -0.2) is 0 Å². The van der Waals surface area contributed by atoms with Crippen molar-refractivity contribution >= 4 is 11.4 Å². The van der Waals surface area contributed by atoms with Crippen molar-refractivity contribution in [1.29, 1.82) is 5.26 Å². The van der Waals surface area contributed by atoms with Gasteiger partial charge in [0, 0.05) is 24.2 Å². The Morgan fingerprint density at radius 2 is 1.94 bits per heavy atom. The molecule has 0 aromatic heterocycles. The van der Waals surface area contributed by atoms with Crippen LogP contribution < -0.4 is 10.6 Å². The van der Waals surface area contributed by atoms with Gasteiger partial charge >= 0.3 is 0 Å². The lowest BCUT2D eigenvalue weighted by molar-refractivity contribution is 0.222. The van der Waals surface area contributed by atoms with E-state index in [0.717, 1.165) is 18.8 Å². The Kier molecular flexibility index (Phi) is 2.25. The molecule has 2 N–H and O–H groups in total. The fraction of sp³-hybridized carbons (Fsp3) is 0.500. The first-order chi connectivity index (χ1) is 8.22. The lowest BCUT2D eigenvalue weighted by atomic mass is 9.78. The van der Waals surface area contributed by atoms with E-state index >= 15 is 0 Å². The minimum atomic E-state index is 0.564. The molecular formula is C14H17N3. The van der Waals surface area contributed by atoms with E-state index in [1.54, 1.807) is 6.07 Å². The van der Waals surface area contributed by atoms with Crippen molar-refractivity contribution in [3.63, 3.8) is 0 Å². The second-order valence-electron chi connectivity index (χ2n) is 5.45. The SMILES string of the molecule is N#Cc1cc(N)ccc1N1CC2(CCCC2)C1. The molecule has 1 heterocycles. The third-order valence-corrected chi connectivity index (χ3v) is 4.20. The van der Waals surface area contributed by atoms with E-state index in [4.69, 9.17) is 11.0 Å². The Morgan fingerprint density at radius 3 is 2.59 bits per heavy atom. The Balaban J connectivity index is 1.81. The highest BCUT2D eigenvalue weighted by Crippen LogP contribution is 2.47. The van der Waals surface area contributed by atoms with Crippen molar-refractivity contribution in [2.24, 2.45) is 5.41 Å². The molecule has 3 nitrogen and oxygen atoms in total. The van der Waals surface area contributed by atoms with Gasteiger partial charge in [-0.2, -0.15) is 5.26 Å². The molecule has 1 saturated carbocycles. The van der Waals surface area contributed by atoms with Gasteiger partial charge in [-0.3, -0.25) is 0 Å². The fourth-order valence-corrected chi connectivity index (χ4v) is 3.29. The van der Waals surface area contributed by atoms with Crippen LogP contribution in [0.1, 0.15) is 31.2 Å². The number of hydrogen-bond acceptors (Lipinski definition) is 3. The third-order valence-electron chi connectivity index (χ3n) is 4.20. The van der Waals surface area contributed by atoms with Crippen molar-refractivity contribution in [2.75, 3.05) is 23.7 Å². The molecular weight excluding hydrogens is 210 g/mol. The van der Waals surface area contributed by atoms with E-state index in [-0.39, 0.29) is 0 Å². The summed E-state index contributed by atoms with van der Waals surface area (Å²) in [6.07, 6.45) is 5.47. The van der Waals surface area contributed by atoms with Gasteiger partial charge in [0.1, 0.15) is 6.07 Å². The maximum absolute atomic E-state index is 9.14. The topological polar surface area (TPSA) is 53.1 Å². The largest absolute Gasteiger partial charge is 0.399 e. The lowest BCUT2D eigenvalue weighted by Crippen LogP contribution is -2.55. The number of nitriles is 1. The molecule has 17 heavy (non-hydrogen) atoms. The summed E-state index contributed by atoms with van der Waals surface area (Å²) in [6.45, 7) is 2.23. The van der Waals surface area contributed by atoms with Crippen molar-refractivity contribution in [2.45, 2.75) is 25.7 Å². The van der Waals surface area contributed by atoms with Gasteiger partial charge in [-0.15, -0.1) is 0 Å². The molecule has 0 unspecified atom stereocenters. The zero-order chi connectivity index (χ0) is 11.9. The number of anilines is 2. The van der Waals surface area contributed by atoms with Gasteiger partial charge in [0.25, 0.3) is 0 Å². The number of nitrogen functional groups attached to an aromatic ring is 1. The van der Waals surface area contributed by atoms with E-state index in [9.17, 15) is 0 Å². The molecule has 1 saturated heterocycles. The zero-order valence-electron chi connectivity index (χ0n) is 9.95. The third kappa shape index (κ3) is 1.64. The maximum atomic E-state index is 9.14. The van der Waals surface area contributed by atoms with E-state index in [2.05, 4.69) is 11.0 Å². The van der Waals surface area contributed by atoms with E-state index in [0.29, 0.717) is 16.7 Å². The van der Waals surface area contributed by atoms with Crippen LogP contribution in [0.2, 0.25) is 0 Å². The van der Waals surface area contributed by atoms with Crippen LogP contribution in [0, 0.1) is 16.7 Å². The van der Waals surface area contributed by atoms with Crippen LogP contribution in [0.5, 0.6) is 0 Å². The van der Waals surface area contributed by atoms with Crippen LogP contribution in [0.4, 0.5) is 11.4 Å². The number of nitrogens with zero attached hydrogens (tertiary/aromatic N) is 2. The smallest absolute Gasteiger partial charge is 0.101 e. The molecule has 1 aromatic rings. The fourth-order valence-electron chi connectivity index (χ4n) is 3.29. The summed E-state index contributed by atoms with van der Waals surface area (Å²) in [7, 11) is 0. The Labute approximate surface area is 102 Å². The molecule has 3 rings (SSSR count). The van der Waals surface area contributed by atoms with Gasteiger partial charge in [0.15, 0.2) is 0 Å². The molecule has 0 bridgehead atoms. The normalized spacial score (nSPS) is 21.2. The van der Waals surface area contributed by atoms with Crippen molar-refractivity contribution in [3.05, 3.63) is 23.8 Å². The first-order valence-electron chi connectivity index (χ1n) is 6.27. The molecule has 0 atom stereocenters. The molecule has 1 aliphatic heterocycles. The first kappa shape index (κ1) is 10.5. The second-order valence-corrected chi connectivity index (χ2v) is 5.45. The highest BCUT2D eigenvalue weighted by molar-refractivity contribution is 5.65. The minimum Gasteiger partial charge on any atom is -0.399 e. The summed E-state index contributed by atoms with van der Waals surface area (Å²) in [6, 6.07) is 7.88. The molecule has 0 amide bonds. The predicted molar refractivity (Wildman–Crippen MR) is 68.7 cm³/mol. The minimum absolute atomic E-state index is 0.564. The summed E-state index contributed by atoms with van der Waals surface area (Å²) >= 11 is 0. The zero-order valence-corrected chi connectivity index (χ0v) is 9.95. The highest BCUT2D eigenvalue weighted by atomic mass is 15.2. The van der Waals surface area contributed by atoms with Gasteiger partial charge in [0.05, 0.1) is 11.3 Å². The quantitative estimate of drug-likeness (QED) is 0.750. The Morgan fingerprint density at radius 1 is 1.24 bits per heavy atom. The molecule has 1 spiro atoms. The molecule has 2 aliphatic rings.